The molecule has 1 atom stereocenters. The standard InChI is InChI=1S/C11H13N3O/c1-2-11(15)10-8-14(13-12-10)9-6-4-3-5-7-9/h3-8,11,15H,2H2,1H3. The molecule has 0 saturated heterocycles. The van der Waals surface area contributed by atoms with E-state index >= 15 is 0 Å². The molecule has 2 aromatic rings. The number of nitrogens with zero attached hydrogens (tertiary/aromatic N) is 3. The van der Waals surface area contributed by atoms with E-state index in [2.05, 4.69) is 10.3 Å². The van der Waals surface area contributed by atoms with Gasteiger partial charge in [-0.2, -0.15) is 0 Å². The van der Waals surface area contributed by atoms with Gasteiger partial charge in [0.15, 0.2) is 0 Å². The first-order valence-corrected chi connectivity index (χ1v) is 4.97. The molecule has 0 aliphatic heterocycles. The molecule has 0 amide bonds. The zero-order chi connectivity index (χ0) is 10.7. The largest absolute Gasteiger partial charge is 0.387 e. The van der Waals surface area contributed by atoms with Crippen molar-refractivity contribution >= 4 is 0 Å². The minimum absolute atomic E-state index is 0.525. The summed E-state index contributed by atoms with van der Waals surface area (Å²) in [7, 11) is 0. The predicted octanol–water partition coefficient (Wildman–Crippen LogP) is 1.71. The zero-order valence-corrected chi connectivity index (χ0v) is 8.54. The van der Waals surface area contributed by atoms with Crippen LogP contribution >= 0.6 is 0 Å². The van der Waals surface area contributed by atoms with Crippen molar-refractivity contribution < 1.29 is 5.11 Å². The minimum atomic E-state index is -0.525. The third-order valence-corrected chi connectivity index (χ3v) is 2.26. The van der Waals surface area contributed by atoms with Crippen molar-refractivity contribution in [3.05, 3.63) is 42.2 Å². The first-order valence-electron chi connectivity index (χ1n) is 4.97. The monoisotopic (exact) mass is 203 g/mol. The molecule has 78 valence electrons. The number of hydrogen-bond acceptors (Lipinski definition) is 3. The van der Waals surface area contributed by atoms with Crippen LogP contribution in [0.25, 0.3) is 5.69 Å². The van der Waals surface area contributed by atoms with E-state index in [1.807, 2.05) is 37.3 Å². The topological polar surface area (TPSA) is 50.9 Å². The van der Waals surface area contributed by atoms with Gasteiger partial charge in [0, 0.05) is 0 Å². The molecule has 4 heteroatoms. The molecule has 15 heavy (non-hydrogen) atoms. The number of hydrogen-bond donors (Lipinski definition) is 1. The van der Waals surface area contributed by atoms with Gasteiger partial charge < -0.3 is 5.11 Å². The summed E-state index contributed by atoms with van der Waals surface area (Å²) >= 11 is 0. The number of benzene rings is 1. The summed E-state index contributed by atoms with van der Waals surface area (Å²) < 4.78 is 1.66. The number of rotatable bonds is 3. The smallest absolute Gasteiger partial charge is 0.112 e. The van der Waals surface area contributed by atoms with Crippen LogP contribution in [-0.2, 0) is 0 Å². The van der Waals surface area contributed by atoms with Crippen LogP contribution in [0.4, 0.5) is 0 Å². The highest BCUT2D eigenvalue weighted by Crippen LogP contribution is 2.14. The van der Waals surface area contributed by atoms with Crippen molar-refractivity contribution in [2.75, 3.05) is 0 Å². The Labute approximate surface area is 88.2 Å². The quantitative estimate of drug-likeness (QED) is 0.826. The third kappa shape index (κ3) is 2.05. The van der Waals surface area contributed by atoms with Gasteiger partial charge in [0.05, 0.1) is 18.0 Å². The van der Waals surface area contributed by atoms with Crippen LogP contribution in [0.5, 0.6) is 0 Å². The highest BCUT2D eigenvalue weighted by molar-refractivity contribution is 5.30. The molecular weight excluding hydrogens is 190 g/mol. The summed E-state index contributed by atoms with van der Waals surface area (Å²) in [4.78, 5) is 0. The van der Waals surface area contributed by atoms with Crippen molar-refractivity contribution in [1.29, 1.82) is 0 Å². The fraction of sp³-hybridized carbons (Fsp3) is 0.273. The summed E-state index contributed by atoms with van der Waals surface area (Å²) in [5.74, 6) is 0. The molecule has 0 aliphatic carbocycles. The van der Waals surface area contributed by atoms with Gasteiger partial charge in [-0.25, -0.2) is 4.68 Å². The summed E-state index contributed by atoms with van der Waals surface area (Å²) in [6.07, 6.45) is 1.87. The molecule has 2 rings (SSSR count). The van der Waals surface area contributed by atoms with Gasteiger partial charge in [-0.3, -0.25) is 0 Å². The van der Waals surface area contributed by atoms with Gasteiger partial charge in [-0.15, -0.1) is 5.10 Å². The molecule has 0 saturated carbocycles. The number of aromatic nitrogens is 3. The average molecular weight is 203 g/mol. The van der Waals surface area contributed by atoms with E-state index in [0.717, 1.165) is 5.69 Å². The Morgan fingerprint density at radius 1 is 1.33 bits per heavy atom. The van der Waals surface area contributed by atoms with Gasteiger partial charge in [0.2, 0.25) is 0 Å². The summed E-state index contributed by atoms with van der Waals surface area (Å²) in [5, 5.41) is 17.5. The van der Waals surface area contributed by atoms with Gasteiger partial charge in [-0.1, -0.05) is 30.3 Å². The van der Waals surface area contributed by atoms with Crippen LogP contribution in [0.3, 0.4) is 0 Å². The maximum Gasteiger partial charge on any atom is 0.112 e. The first kappa shape index (κ1) is 9.86. The maximum atomic E-state index is 9.57. The molecule has 0 bridgehead atoms. The Kier molecular flexibility index (Phi) is 2.78. The van der Waals surface area contributed by atoms with Crippen molar-refractivity contribution in [3.63, 3.8) is 0 Å². The highest BCUT2D eigenvalue weighted by Gasteiger charge is 2.09. The molecule has 0 aliphatic rings. The Hall–Kier alpha value is -1.68. The SMILES string of the molecule is CCC(O)c1cn(-c2ccccc2)nn1. The first-order chi connectivity index (χ1) is 7.31. The van der Waals surface area contributed by atoms with E-state index in [1.165, 1.54) is 0 Å². The fourth-order valence-corrected chi connectivity index (χ4v) is 1.35. The van der Waals surface area contributed by atoms with Crippen LogP contribution in [0, 0.1) is 0 Å². The molecule has 1 aromatic heterocycles. The van der Waals surface area contributed by atoms with Crippen LogP contribution in [0.2, 0.25) is 0 Å². The fourth-order valence-electron chi connectivity index (χ4n) is 1.35. The normalized spacial score (nSPS) is 12.7. The Bertz CT molecular complexity index is 424. The van der Waals surface area contributed by atoms with E-state index < -0.39 is 6.10 Å². The lowest BCUT2D eigenvalue weighted by Crippen LogP contribution is -1.95. The second kappa shape index (κ2) is 4.23. The van der Waals surface area contributed by atoms with Crippen molar-refractivity contribution in [2.45, 2.75) is 19.4 Å². The van der Waals surface area contributed by atoms with Crippen molar-refractivity contribution in [1.82, 2.24) is 15.0 Å². The van der Waals surface area contributed by atoms with Crippen LogP contribution in [0.1, 0.15) is 25.1 Å². The summed E-state index contributed by atoms with van der Waals surface area (Å²) in [6.45, 7) is 1.91. The van der Waals surface area contributed by atoms with Gasteiger partial charge in [0.25, 0.3) is 0 Å². The van der Waals surface area contributed by atoms with E-state index in [0.29, 0.717) is 12.1 Å². The second-order valence-corrected chi connectivity index (χ2v) is 3.35. The van der Waals surface area contributed by atoms with E-state index in [1.54, 1.807) is 10.9 Å². The Balaban J connectivity index is 2.28. The summed E-state index contributed by atoms with van der Waals surface area (Å²) in [5.41, 5.74) is 1.56. The number of aliphatic hydroxyl groups is 1. The molecule has 1 aromatic carbocycles. The minimum Gasteiger partial charge on any atom is -0.387 e. The molecule has 0 spiro atoms. The van der Waals surface area contributed by atoms with Gasteiger partial charge in [0.1, 0.15) is 5.69 Å². The Morgan fingerprint density at radius 2 is 2.07 bits per heavy atom. The second-order valence-electron chi connectivity index (χ2n) is 3.35. The highest BCUT2D eigenvalue weighted by atomic mass is 16.3. The predicted molar refractivity (Wildman–Crippen MR) is 56.6 cm³/mol. The summed E-state index contributed by atoms with van der Waals surface area (Å²) in [6, 6.07) is 9.70. The van der Waals surface area contributed by atoms with Gasteiger partial charge in [-0.05, 0) is 18.6 Å². The lowest BCUT2D eigenvalue weighted by Gasteiger charge is -2.00. The van der Waals surface area contributed by atoms with Crippen LogP contribution in [0.15, 0.2) is 36.5 Å². The lowest BCUT2D eigenvalue weighted by atomic mass is 10.2. The molecular formula is C11H13N3O. The lowest BCUT2D eigenvalue weighted by molar-refractivity contribution is 0.169. The third-order valence-electron chi connectivity index (χ3n) is 2.26. The van der Waals surface area contributed by atoms with E-state index in [9.17, 15) is 5.11 Å². The molecule has 1 heterocycles. The van der Waals surface area contributed by atoms with E-state index in [4.69, 9.17) is 0 Å². The van der Waals surface area contributed by atoms with Crippen molar-refractivity contribution in [2.24, 2.45) is 0 Å². The number of para-hydroxylation sites is 1. The van der Waals surface area contributed by atoms with Crippen LogP contribution in [-0.4, -0.2) is 20.1 Å². The maximum absolute atomic E-state index is 9.57. The molecule has 4 nitrogen and oxygen atoms in total. The van der Waals surface area contributed by atoms with Crippen molar-refractivity contribution in [3.8, 4) is 5.69 Å². The average Bonchev–Trinajstić information content (AvgIpc) is 2.78. The molecule has 1 unspecified atom stereocenters. The molecule has 0 radical (unpaired) electrons. The molecule has 1 N–H and O–H groups in total. The molecule has 0 fully saturated rings. The zero-order valence-electron chi connectivity index (χ0n) is 8.54. The van der Waals surface area contributed by atoms with Gasteiger partial charge >= 0.3 is 0 Å². The number of aliphatic hydroxyl groups excluding tert-OH is 1. The Morgan fingerprint density at radius 3 is 2.73 bits per heavy atom. The van der Waals surface area contributed by atoms with E-state index in [-0.39, 0.29) is 0 Å². The van der Waals surface area contributed by atoms with Crippen LogP contribution < -0.4 is 0 Å².